The van der Waals surface area contributed by atoms with Crippen molar-refractivity contribution in [2.24, 2.45) is 0 Å². The molecule has 0 atom stereocenters. The molecular formula is C29H38ClFN2O. The number of nitrogens with zero attached hydrogens (tertiary/aromatic N) is 1. The lowest BCUT2D eigenvalue weighted by molar-refractivity contribution is 0.260. The van der Waals surface area contributed by atoms with E-state index in [1.165, 1.54) is 50.2 Å². The summed E-state index contributed by atoms with van der Waals surface area (Å²) in [5, 5.41) is 6.32. The molecule has 3 rings (SSSR count). The van der Waals surface area contributed by atoms with Gasteiger partial charge in [0, 0.05) is 17.7 Å². The van der Waals surface area contributed by atoms with Crippen LogP contribution in [-0.4, -0.2) is 31.1 Å². The number of hydrogen-bond acceptors (Lipinski definition) is 3. The van der Waals surface area contributed by atoms with Crippen LogP contribution in [0.25, 0.3) is 10.8 Å². The molecule has 184 valence electrons. The molecule has 0 aliphatic heterocycles. The lowest BCUT2D eigenvalue weighted by Crippen LogP contribution is -2.29. The molecule has 0 fully saturated rings. The Morgan fingerprint density at radius 2 is 1.59 bits per heavy atom. The first-order valence-electron chi connectivity index (χ1n) is 12.6. The van der Waals surface area contributed by atoms with Gasteiger partial charge in [-0.05, 0) is 74.4 Å². The van der Waals surface area contributed by atoms with Gasteiger partial charge >= 0.3 is 0 Å². The van der Waals surface area contributed by atoms with Crippen LogP contribution in [0, 0.1) is 5.82 Å². The van der Waals surface area contributed by atoms with E-state index in [1.807, 2.05) is 18.2 Å². The average molecular weight is 485 g/mol. The number of benzene rings is 3. The van der Waals surface area contributed by atoms with Gasteiger partial charge in [-0.25, -0.2) is 4.39 Å². The van der Waals surface area contributed by atoms with Crippen molar-refractivity contribution in [1.82, 2.24) is 10.2 Å². The van der Waals surface area contributed by atoms with Gasteiger partial charge < -0.3 is 15.0 Å². The van der Waals surface area contributed by atoms with Gasteiger partial charge in [0.05, 0.1) is 5.02 Å². The van der Waals surface area contributed by atoms with Crippen molar-refractivity contribution in [3.63, 3.8) is 0 Å². The van der Waals surface area contributed by atoms with Gasteiger partial charge in [-0.3, -0.25) is 0 Å². The summed E-state index contributed by atoms with van der Waals surface area (Å²) >= 11 is 6.20. The molecule has 0 heterocycles. The minimum atomic E-state index is -0.344. The van der Waals surface area contributed by atoms with Gasteiger partial charge in [-0.15, -0.1) is 0 Å². The Bertz CT molecular complexity index is 998. The summed E-state index contributed by atoms with van der Waals surface area (Å²) in [6, 6.07) is 17.1. The van der Waals surface area contributed by atoms with Crippen LogP contribution in [0.5, 0.6) is 5.75 Å². The van der Waals surface area contributed by atoms with Crippen LogP contribution >= 0.6 is 11.6 Å². The highest BCUT2D eigenvalue weighted by Gasteiger charge is 2.12. The summed E-state index contributed by atoms with van der Waals surface area (Å²) < 4.78 is 20.3. The predicted octanol–water partition coefficient (Wildman–Crippen LogP) is 7.59. The summed E-state index contributed by atoms with van der Waals surface area (Å²) in [5.41, 5.74) is 1.48. The predicted molar refractivity (Wildman–Crippen MR) is 142 cm³/mol. The van der Waals surface area contributed by atoms with Crippen LogP contribution in [0.1, 0.15) is 57.1 Å². The van der Waals surface area contributed by atoms with Crippen molar-refractivity contribution in [3.05, 3.63) is 76.6 Å². The average Bonchev–Trinajstić information content (AvgIpc) is 2.85. The smallest absolute Gasteiger partial charge is 0.131 e. The number of fused-ring (bicyclic) bond motifs is 1. The molecule has 0 radical (unpaired) electrons. The summed E-state index contributed by atoms with van der Waals surface area (Å²) in [7, 11) is 0. The Labute approximate surface area is 209 Å². The van der Waals surface area contributed by atoms with E-state index in [0.717, 1.165) is 36.2 Å². The third kappa shape index (κ3) is 7.69. The lowest BCUT2D eigenvalue weighted by Gasteiger charge is -2.22. The highest BCUT2D eigenvalue weighted by molar-refractivity contribution is 6.31. The maximum atomic E-state index is 14.2. The Morgan fingerprint density at radius 3 is 2.32 bits per heavy atom. The fourth-order valence-corrected chi connectivity index (χ4v) is 4.41. The third-order valence-corrected chi connectivity index (χ3v) is 6.57. The van der Waals surface area contributed by atoms with Crippen molar-refractivity contribution >= 4 is 22.4 Å². The molecule has 3 aromatic carbocycles. The number of unbranched alkanes of at least 4 members (excludes halogenated alkanes) is 2. The number of halogens is 2. The van der Waals surface area contributed by atoms with E-state index in [1.54, 1.807) is 12.1 Å². The van der Waals surface area contributed by atoms with Crippen LogP contribution in [-0.2, 0) is 13.2 Å². The van der Waals surface area contributed by atoms with Gasteiger partial charge in [0.25, 0.3) is 0 Å². The van der Waals surface area contributed by atoms with E-state index in [0.29, 0.717) is 17.1 Å². The largest absolute Gasteiger partial charge is 0.488 e. The van der Waals surface area contributed by atoms with Crippen molar-refractivity contribution < 1.29 is 9.13 Å². The van der Waals surface area contributed by atoms with E-state index in [9.17, 15) is 4.39 Å². The van der Waals surface area contributed by atoms with E-state index in [2.05, 4.69) is 42.3 Å². The lowest BCUT2D eigenvalue weighted by atomic mass is 10.0. The molecule has 0 amide bonds. The Hall–Kier alpha value is -2.14. The van der Waals surface area contributed by atoms with E-state index in [-0.39, 0.29) is 12.4 Å². The minimum absolute atomic E-state index is 0.0979. The Balaban J connectivity index is 1.63. The SMILES string of the molecule is CCCCN(CCCC)CCCNCc1c(OCc2c(F)cccc2Cl)ccc2ccccc12. The molecule has 0 aliphatic rings. The Morgan fingerprint density at radius 1 is 0.853 bits per heavy atom. The fraction of sp³-hybridized carbons (Fsp3) is 0.448. The fourth-order valence-electron chi connectivity index (χ4n) is 4.19. The van der Waals surface area contributed by atoms with Crippen molar-refractivity contribution in [3.8, 4) is 5.75 Å². The van der Waals surface area contributed by atoms with Crippen LogP contribution < -0.4 is 10.1 Å². The monoisotopic (exact) mass is 484 g/mol. The molecule has 0 bridgehead atoms. The zero-order valence-electron chi connectivity index (χ0n) is 20.6. The van der Waals surface area contributed by atoms with Gasteiger partial charge in [0.2, 0.25) is 0 Å². The first-order valence-corrected chi connectivity index (χ1v) is 13.0. The second kappa shape index (κ2) is 14.3. The molecular weight excluding hydrogens is 447 g/mol. The van der Waals surface area contributed by atoms with Gasteiger partial charge in [0.15, 0.2) is 0 Å². The summed E-state index contributed by atoms with van der Waals surface area (Å²) in [6.45, 7) is 9.75. The maximum Gasteiger partial charge on any atom is 0.131 e. The number of hydrogen-bond donors (Lipinski definition) is 1. The van der Waals surface area contributed by atoms with E-state index in [4.69, 9.17) is 16.3 Å². The molecule has 0 spiro atoms. The number of nitrogens with one attached hydrogen (secondary N) is 1. The molecule has 3 aromatic rings. The normalized spacial score (nSPS) is 11.4. The van der Waals surface area contributed by atoms with Crippen molar-refractivity contribution in [2.75, 3.05) is 26.2 Å². The molecule has 0 aliphatic carbocycles. The zero-order valence-corrected chi connectivity index (χ0v) is 21.3. The topological polar surface area (TPSA) is 24.5 Å². The second-order valence-electron chi connectivity index (χ2n) is 8.83. The summed E-state index contributed by atoms with van der Waals surface area (Å²) in [4.78, 5) is 2.60. The molecule has 0 saturated heterocycles. The maximum absolute atomic E-state index is 14.2. The molecule has 5 heteroatoms. The zero-order chi connectivity index (χ0) is 24.2. The highest BCUT2D eigenvalue weighted by Crippen LogP contribution is 2.30. The molecule has 34 heavy (non-hydrogen) atoms. The highest BCUT2D eigenvalue weighted by atomic mass is 35.5. The summed E-state index contributed by atoms with van der Waals surface area (Å²) in [6.07, 6.45) is 6.12. The third-order valence-electron chi connectivity index (χ3n) is 6.22. The van der Waals surface area contributed by atoms with Gasteiger partial charge in [-0.1, -0.05) is 74.7 Å². The first kappa shape index (κ1) is 26.5. The number of rotatable bonds is 15. The molecule has 3 nitrogen and oxygen atoms in total. The minimum Gasteiger partial charge on any atom is -0.488 e. The molecule has 0 unspecified atom stereocenters. The molecule has 0 saturated carbocycles. The second-order valence-corrected chi connectivity index (χ2v) is 9.24. The van der Waals surface area contributed by atoms with Crippen LogP contribution in [0.3, 0.4) is 0 Å². The molecule has 1 N–H and O–H groups in total. The Kier molecular flexibility index (Phi) is 11.1. The van der Waals surface area contributed by atoms with Gasteiger partial charge in [0.1, 0.15) is 18.2 Å². The standard InChI is InChI=1S/C29H38ClFN2O/c1-3-5-18-33(19-6-4-2)20-10-17-32-21-25-24-12-8-7-11-23(24)15-16-29(25)34-22-26-27(30)13-9-14-28(26)31/h7-9,11-16,32H,3-6,10,17-22H2,1-2H3. The van der Waals surface area contributed by atoms with Crippen LogP contribution in [0.15, 0.2) is 54.6 Å². The van der Waals surface area contributed by atoms with Crippen molar-refractivity contribution in [1.29, 1.82) is 0 Å². The van der Waals surface area contributed by atoms with E-state index >= 15 is 0 Å². The van der Waals surface area contributed by atoms with Gasteiger partial charge in [-0.2, -0.15) is 0 Å². The number of ether oxygens (including phenoxy) is 1. The van der Waals surface area contributed by atoms with Crippen LogP contribution in [0.2, 0.25) is 5.02 Å². The molecule has 0 aromatic heterocycles. The summed E-state index contributed by atoms with van der Waals surface area (Å²) in [5.74, 6) is 0.418. The van der Waals surface area contributed by atoms with E-state index < -0.39 is 0 Å². The van der Waals surface area contributed by atoms with Crippen LogP contribution in [0.4, 0.5) is 4.39 Å². The quantitative estimate of drug-likeness (QED) is 0.225. The van der Waals surface area contributed by atoms with Crippen molar-refractivity contribution in [2.45, 2.75) is 59.1 Å². The first-order chi connectivity index (χ1) is 16.6.